The van der Waals surface area contributed by atoms with Gasteiger partial charge in [-0.3, -0.25) is 9.78 Å². The van der Waals surface area contributed by atoms with Crippen molar-refractivity contribution in [3.63, 3.8) is 0 Å². The maximum Gasteiger partial charge on any atom is 0.206 e. The van der Waals surface area contributed by atoms with Gasteiger partial charge in [-0.2, -0.15) is 0 Å². The van der Waals surface area contributed by atoms with Crippen molar-refractivity contribution < 1.29 is 4.79 Å². The van der Waals surface area contributed by atoms with Crippen molar-refractivity contribution in [3.8, 4) is 0 Å². The van der Waals surface area contributed by atoms with Crippen LogP contribution in [0.5, 0.6) is 0 Å². The molecule has 0 atom stereocenters. The molecule has 0 radical (unpaired) electrons. The van der Waals surface area contributed by atoms with Gasteiger partial charge in [0, 0.05) is 17.7 Å². The number of carbonyl (C=O) groups is 1. The smallest absolute Gasteiger partial charge is 0.206 e. The van der Waals surface area contributed by atoms with Gasteiger partial charge >= 0.3 is 0 Å². The molecule has 0 spiro atoms. The zero-order valence-corrected chi connectivity index (χ0v) is 10.9. The van der Waals surface area contributed by atoms with E-state index in [1.807, 2.05) is 30.4 Å². The van der Waals surface area contributed by atoms with E-state index in [1.54, 1.807) is 6.20 Å². The highest BCUT2D eigenvalue weighted by Gasteiger charge is 2.33. The van der Waals surface area contributed by atoms with E-state index >= 15 is 0 Å². The molecule has 90 valence electrons. The molecule has 0 bridgehead atoms. The Hall–Kier alpha value is -1.68. The highest BCUT2D eigenvalue weighted by atomic mass is 28.3. The van der Waals surface area contributed by atoms with E-state index < -0.39 is 8.07 Å². The Morgan fingerprint density at radius 2 is 2.00 bits per heavy atom. The summed E-state index contributed by atoms with van der Waals surface area (Å²) in [6.07, 6.45) is 7.04. The summed E-state index contributed by atoms with van der Waals surface area (Å²) in [6.45, 7) is 7.64. The van der Waals surface area contributed by atoms with Crippen molar-refractivity contribution >= 4 is 19.8 Å². The third-order valence-electron chi connectivity index (χ3n) is 2.80. The maximum absolute atomic E-state index is 10.5. The Morgan fingerprint density at radius 3 is 2.47 bits per heavy atom. The minimum absolute atomic E-state index is 0.672. The molecular formula is C13H18N2OSi. The zero-order chi connectivity index (χ0) is 12.6. The van der Waals surface area contributed by atoms with Crippen LogP contribution in [0.3, 0.4) is 0 Å². The van der Waals surface area contributed by atoms with Crippen LogP contribution in [0.1, 0.15) is 0 Å². The molecule has 0 aliphatic rings. The molecule has 17 heavy (non-hydrogen) atoms. The van der Waals surface area contributed by atoms with Crippen LogP contribution in [0.4, 0.5) is 0 Å². The molecule has 1 aromatic heterocycles. The molecule has 1 N–H and O–H groups in total. The molecule has 0 unspecified atom stereocenters. The number of aromatic nitrogens is 1. The molecule has 0 aromatic carbocycles. The number of nitrogens with one attached hydrogen (secondary N) is 1. The van der Waals surface area contributed by atoms with Gasteiger partial charge < -0.3 is 5.32 Å². The molecule has 1 amide bonds. The molecule has 0 aliphatic heterocycles. The van der Waals surface area contributed by atoms with Gasteiger partial charge in [0.1, 0.15) is 8.07 Å². The molecule has 0 saturated heterocycles. The lowest BCUT2D eigenvalue weighted by Crippen LogP contribution is -2.56. The first-order chi connectivity index (χ1) is 8.29. The standard InChI is InChI=1S/C13H18N2OSi/c1-3-9-17(10-4-2,12-14-11-16)13-7-5-6-8-15-13/h3-8,11H,1-2,9-10,12H2,(H,14,16). The molecule has 1 heterocycles. The fraction of sp³-hybridized carbons (Fsp3) is 0.231. The molecule has 1 aromatic rings. The van der Waals surface area contributed by atoms with Gasteiger partial charge in [-0.15, -0.1) is 13.2 Å². The van der Waals surface area contributed by atoms with E-state index in [-0.39, 0.29) is 0 Å². The first kappa shape index (κ1) is 13.4. The van der Waals surface area contributed by atoms with Crippen LogP contribution in [0.25, 0.3) is 0 Å². The van der Waals surface area contributed by atoms with Crippen LogP contribution in [-0.2, 0) is 4.79 Å². The number of hydrogen-bond acceptors (Lipinski definition) is 2. The zero-order valence-electron chi connectivity index (χ0n) is 9.93. The Labute approximate surface area is 103 Å². The van der Waals surface area contributed by atoms with E-state index in [9.17, 15) is 4.79 Å². The lowest BCUT2D eigenvalue weighted by molar-refractivity contribution is -0.109. The summed E-state index contributed by atoms with van der Waals surface area (Å²) >= 11 is 0. The summed E-state index contributed by atoms with van der Waals surface area (Å²) in [7, 11) is -1.88. The van der Waals surface area contributed by atoms with Crippen molar-refractivity contribution in [3.05, 3.63) is 49.7 Å². The summed E-state index contributed by atoms with van der Waals surface area (Å²) in [5.74, 6) is 0. The van der Waals surface area contributed by atoms with Crippen molar-refractivity contribution in [2.75, 3.05) is 6.17 Å². The monoisotopic (exact) mass is 246 g/mol. The summed E-state index contributed by atoms with van der Waals surface area (Å²) < 4.78 is 0. The Bertz CT molecular complexity index is 368. The van der Waals surface area contributed by atoms with Gasteiger partial charge in [0.25, 0.3) is 0 Å². The number of allylic oxidation sites excluding steroid dienone is 2. The number of carbonyl (C=O) groups excluding carboxylic acids is 1. The summed E-state index contributed by atoms with van der Waals surface area (Å²) in [6, 6.07) is 7.69. The number of pyridine rings is 1. The second kappa shape index (κ2) is 6.80. The number of nitrogens with zero attached hydrogens (tertiary/aromatic N) is 1. The van der Waals surface area contributed by atoms with Gasteiger partial charge in [-0.05, 0) is 24.2 Å². The number of hydrogen-bond donors (Lipinski definition) is 1. The fourth-order valence-electron chi connectivity index (χ4n) is 1.99. The Kier molecular flexibility index (Phi) is 5.36. The first-order valence-electron chi connectivity index (χ1n) is 5.59. The van der Waals surface area contributed by atoms with Crippen LogP contribution < -0.4 is 10.6 Å². The van der Waals surface area contributed by atoms with Gasteiger partial charge in [0.15, 0.2) is 0 Å². The molecule has 0 fully saturated rings. The molecule has 1 rings (SSSR count). The molecule has 0 saturated carbocycles. The Morgan fingerprint density at radius 1 is 1.29 bits per heavy atom. The quantitative estimate of drug-likeness (QED) is 0.428. The van der Waals surface area contributed by atoms with Gasteiger partial charge in [0.05, 0.1) is 0 Å². The van der Waals surface area contributed by atoms with Crippen LogP contribution in [0.15, 0.2) is 49.7 Å². The largest absolute Gasteiger partial charge is 0.361 e. The third kappa shape index (κ3) is 3.39. The topological polar surface area (TPSA) is 42.0 Å². The van der Waals surface area contributed by atoms with Crippen molar-refractivity contribution in [2.24, 2.45) is 0 Å². The van der Waals surface area contributed by atoms with E-state index in [0.29, 0.717) is 6.17 Å². The van der Waals surface area contributed by atoms with Gasteiger partial charge in [-0.25, -0.2) is 0 Å². The summed E-state index contributed by atoms with van der Waals surface area (Å²) in [5.41, 5.74) is 0. The van der Waals surface area contributed by atoms with Crippen LogP contribution in [0, 0.1) is 0 Å². The van der Waals surface area contributed by atoms with E-state index in [4.69, 9.17) is 0 Å². The first-order valence-corrected chi connectivity index (χ1v) is 8.21. The summed E-state index contributed by atoms with van der Waals surface area (Å²) in [5, 5.41) is 3.89. The minimum atomic E-state index is -1.88. The minimum Gasteiger partial charge on any atom is -0.361 e. The van der Waals surface area contributed by atoms with E-state index in [1.165, 1.54) is 0 Å². The SMILES string of the molecule is C=CC[Si](CC=C)(CNC=O)c1ccccn1. The molecule has 3 nitrogen and oxygen atoms in total. The third-order valence-corrected chi connectivity index (χ3v) is 7.21. The highest BCUT2D eigenvalue weighted by molar-refractivity contribution is 6.92. The normalized spacial score (nSPS) is 10.6. The van der Waals surface area contributed by atoms with Gasteiger partial charge in [-0.1, -0.05) is 18.2 Å². The van der Waals surface area contributed by atoms with E-state index in [2.05, 4.69) is 23.5 Å². The Balaban J connectivity index is 3.07. The van der Waals surface area contributed by atoms with Crippen LogP contribution in [0.2, 0.25) is 12.1 Å². The fourth-order valence-corrected chi connectivity index (χ4v) is 5.43. The van der Waals surface area contributed by atoms with Crippen molar-refractivity contribution in [1.29, 1.82) is 0 Å². The average molecular weight is 246 g/mol. The molecule has 0 aliphatic carbocycles. The molecular weight excluding hydrogens is 228 g/mol. The van der Waals surface area contributed by atoms with Crippen molar-refractivity contribution in [2.45, 2.75) is 12.1 Å². The van der Waals surface area contributed by atoms with Crippen LogP contribution in [-0.4, -0.2) is 25.6 Å². The van der Waals surface area contributed by atoms with Crippen LogP contribution >= 0.6 is 0 Å². The van der Waals surface area contributed by atoms with Crippen molar-refractivity contribution in [1.82, 2.24) is 10.3 Å². The number of amides is 1. The second-order valence-electron chi connectivity index (χ2n) is 3.98. The lowest BCUT2D eigenvalue weighted by Gasteiger charge is -2.28. The highest BCUT2D eigenvalue weighted by Crippen LogP contribution is 2.15. The lowest BCUT2D eigenvalue weighted by atomic mass is 10.5. The van der Waals surface area contributed by atoms with Gasteiger partial charge in [0.2, 0.25) is 6.41 Å². The average Bonchev–Trinajstić information content (AvgIpc) is 2.37. The maximum atomic E-state index is 10.5. The summed E-state index contributed by atoms with van der Waals surface area (Å²) in [4.78, 5) is 15.0. The predicted molar refractivity (Wildman–Crippen MR) is 73.7 cm³/mol. The predicted octanol–water partition coefficient (Wildman–Crippen LogP) is 1.39. The second-order valence-corrected chi connectivity index (χ2v) is 8.22. The van der Waals surface area contributed by atoms with E-state index in [0.717, 1.165) is 23.8 Å². The number of rotatable bonds is 8. The molecule has 4 heteroatoms.